The van der Waals surface area contributed by atoms with Crippen molar-refractivity contribution in [1.29, 1.82) is 0 Å². The molecule has 0 fully saturated rings. The normalized spacial score (nSPS) is 10.9. The van der Waals surface area contributed by atoms with Crippen molar-refractivity contribution in [3.8, 4) is 5.75 Å². The van der Waals surface area contributed by atoms with E-state index in [9.17, 15) is 13.6 Å². The Morgan fingerprint density at radius 2 is 1.86 bits per heavy atom. The Labute approximate surface area is 121 Å². The van der Waals surface area contributed by atoms with Crippen LogP contribution in [0.1, 0.15) is 21.5 Å². The van der Waals surface area contributed by atoms with E-state index in [0.29, 0.717) is 0 Å². The molecule has 0 radical (unpaired) electrons. The number of methoxy groups -OCH3 is 1. The van der Waals surface area contributed by atoms with Gasteiger partial charge in [-0.3, -0.25) is 4.79 Å². The van der Waals surface area contributed by atoms with Gasteiger partial charge in [0.1, 0.15) is 5.75 Å². The first kappa shape index (κ1) is 14.9. The molecule has 21 heavy (non-hydrogen) atoms. The van der Waals surface area contributed by atoms with E-state index < -0.39 is 11.6 Å². The fourth-order valence-electron chi connectivity index (χ4n) is 1.92. The number of hydrogen-bond acceptors (Lipinski definition) is 2. The van der Waals surface area contributed by atoms with Crippen LogP contribution in [0.2, 0.25) is 0 Å². The Kier molecular flexibility index (Phi) is 4.48. The summed E-state index contributed by atoms with van der Waals surface area (Å²) < 4.78 is 31.0. The van der Waals surface area contributed by atoms with Crippen LogP contribution in [0.5, 0.6) is 5.75 Å². The van der Waals surface area contributed by atoms with Gasteiger partial charge in [0.2, 0.25) is 0 Å². The van der Waals surface area contributed by atoms with Gasteiger partial charge in [-0.15, -0.1) is 0 Å². The smallest absolute Gasteiger partial charge is 0.185 e. The monoisotopic (exact) mass is 288 g/mol. The number of aryl methyl sites for hydroxylation is 1. The third-order valence-corrected chi connectivity index (χ3v) is 3.05. The summed E-state index contributed by atoms with van der Waals surface area (Å²) in [6.07, 6.45) is 2.95. The molecule has 108 valence electrons. The van der Waals surface area contributed by atoms with Gasteiger partial charge in [-0.1, -0.05) is 12.1 Å². The zero-order valence-corrected chi connectivity index (χ0v) is 11.7. The van der Waals surface area contributed by atoms with Crippen LogP contribution in [-0.4, -0.2) is 12.9 Å². The fraction of sp³-hybridized carbons (Fsp3) is 0.118. The highest BCUT2D eigenvalue weighted by Crippen LogP contribution is 2.19. The van der Waals surface area contributed by atoms with Crippen molar-refractivity contribution in [3.05, 3.63) is 70.8 Å². The average Bonchev–Trinajstić information content (AvgIpc) is 2.47. The second kappa shape index (κ2) is 6.31. The Morgan fingerprint density at radius 3 is 2.48 bits per heavy atom. The van der Waals surface area contributed by atoms with Crippen LogP contribution < -0.4 is 4.74 Å². The van der Waals surface area contributed by atoms with Gasteiger partial charge in [-0.05, 0) is 54.5 Å². The fourth-order valence-corrected chi connectivity index (χ4v) is 1.92. The third kappa shape index (κ3) is 3.54. The van der Waals surface area contributed by atoms with E-state index in [1.54, 1.807) is 25.3 Å². The first-order valence-corrected chi connectivity index (χ1v) is 6.33. The molecule has 0 atom stereocenters. The first-order chi connectivity index (χ1) is 10.0. The second-order valence-corrected chi connectivity index (χ2v) is 4.56. The van der Waals surface area contributed by atoms with Crippen LogP contribution in [0.15, 0.2) is 42.5 Å². The number of halogens is 2. The van der Waals surface area contributed by atoms with E-state index in [1.165, 1.54) is 12.1 Å². The van der Waals surface area contributed by atoms with Crippen LogP contribution in [0, 0.1) is 18.6 Å². The molecule has 2 nitrogen and oxygen atoms in total. The maximum absolute atomic E-state index is 13.1. The highest BCUT2D eigenvalue weighted by Gasteiger charge is 2.07. The van der Waals surface area contributed by atoms with Crippen LogP contribution in [0.25, 0.3) is 6.08 Å². The molecule has 0 saturated heterocycles. The largest absolute Gasteiger partial charge is 0.496 e. The number of hydrogen-bond donors (Lipinski definition) is 0. The van der Waals surface area contributed by atoms with Crippen LogP contribution in [0.3, 0.4) is 0 Å². The lowest BCUT2D eigenvalue weighted by molar-refractivity contribution is 0.104. The van der Waals surface area contributed by atoms with Gasteiger partial charge in [-0.25, -0.2) is 8.78 Å². The van der Waals surface area contributed by atoms with Gasteiger partial charge in [0.05, 0.1) is 7.11 Å². The average molecular weight is 288 g/mol. The second-order valence-electron chi connectivity index (χ2n) is 4.56. The first-order valence-electron chi connectivity index (χ1n) is 6.33. The predicted molar refractivity (Wildman–Crippen MR) is 77.5 cm³/mol. The number of benzene rings is 2. The standard InChI is InChI=1S/C17H14F2O2/c1-11-9-12(4-8-17(11)21-2)3-7-16(20)13-5-6-14(18)15(19)10-13/h3-10H,1-2H3/b7-3-. The zero-order valence-electron chi connectivity index (χ0n) is 11.7. The maximum Gasteiger partial charge on any atom is 0.185 e. The molecule has 0 aliphatic carbocycles. The molecule has 0 spiro atoms. The van der Waals surface area contributed by atoms with E-state index in [-0.39, 0.29) is 11.3 Å². The van der Waals surface area contributed by atoms with Gasteiger partial charge in [0.25, 0.3) is 0 Å². The molecule has 2 rings (SSSR count). The van der Waals surface area contributed by atoms with Gasteiger partial charge >= 0.3 is 0 Å². The van der Waals surface area contributed by atoms with Crippen molar-refractivity contribution >= 4 is 11.9 Å². The van der Waals surface area contributed by atoms with Crippen molar-refractivity contribution in [1.82, 2.24) is 0 Å². The molecule has 0 saturated carbocycles. The van der Waals surface area contributed by atoms with Gasteiger partial charge < -0.3 is 4.74 Å². The lowest BCUT2D eigenvalue weighted by atomic mass is 10.1. The molecule has 0 aromatic heterocycles. The summed E-state index contributed by atoms with van der Waals surface area (Å²) in [6.45, 7) is 1.90. The minimum atomic E-state index is -1.03. The molecule has 0 bridgehead atoms. The van der Waals surface area contributed by atoms with E-state index >= 15 is 0 Å². The highest BCUT2D eigenvalue weighted by atomic mass is 19.2. The summed E-state index contributed by atoms with van der Waals surface area (Å²) in [5.74, 6) is -1.63. The van der Waals surface area contributed by atoms with E-state index in [2.05, 4.69) is 0 Å². The van der Waals surface area contributed by atoms with Gasteiger partial charge in [0.15, 0.2) is 17.4 Å². The summed E-state index contributed by atoms with van der Waals surface area (Å²) in [7, 11) is 1.59. The number of carbonyl (C=O) groups is 1. The van der Waals surface area contributed by atoms with E-state index in [4.69, 9.17) is 4.74 Å². The molecule has 0 heterocycles. The molecular weight excluding hydrogens is 274 g/mol. The topological polar surface area (TPSA) is 26.3 Å². The number of carbonyl (C=O) groups excluding carboxylic acids is 1. The Bertz CT molecular complexity index is 706. The molecule has 2 aromatic rings. The molecule has 0 N–H and O–H groups in total. The molecule has 2 aromatic carbocycles. The SMILES string of the molecule is COc1ccc(/C=C\C(=O)c2ccc(F)c(F)c2)cc1C. The molecule has 4 heteroatoms. The predicted octanol–water partition coefficient (Wildman–Crippen LogP) is 4.18. The van der Waals surface area contributed by atoms with Crippen LogP contribution in [-0.2, 0) is 0 Å². The van der Waals surface area contributed by atoms with Gasteiger partial charge in [-0.2, -0.15) is 0 Å². The van der Waals surface area contributed by atoms with Crippen molar-refractivity contribution in [2.24, 2.45) is 0 Å². The minimum absolute atomic E-state index is 0.107. The number of ketones is 1. The quantitative estimate of drug-likeness (QED) is 0.623. The van der Waals surface area contributed by atoms with Crippen molar-refractivity contribution in [3.63, 3.8) is 0 Å². The lowest BCUT2D eigenvalue weighted by Crippen LogP contribution is -1.96. The Balaban J connectivity index is 2.18. The van der Waals surface area contributed by atoms with Crippen LogP contribution in [0.4, 0.5) is 8.78 Å². The van der Waals surface area contributed by atoms with Crippen molar-refractivity contribution < 1.29 is 18.3 Å². The number of ether oxygens (including phenoxy) is 1. The highest BCUT2D eigenvalue weighted by molar-refractivity contribution is 6.06. The third-order valence-electron chi connectivity index (χ3n) is 3.05. The van der Waals surface area contributed by atoms with E-state index in [1.807, 2.05) is 13.0 Å². The number of allylic oxidation sites excluding steroid dienone is 1. The molecule has 0 unspecified atom stereocenters. The summed E-state index contributed by atoms with van der Waals surface area (Å²) in [5, 5.41) is 0. The molecule has 0 amide bonds. The number of rotatable bonds is 4. The molecular formula is C17H14F2O2. The summed E-state index contributed by atoms with van der Waals surface area (Å²) in [4.78, 5) is 11.9. The summed E-state index contributed by atoms with van der Waals surface area (Å²) in [6, 6.07) is 8.56. The van der Waals surface area contributed by atoms with Crippen molar-refractivity contribution in [2.75, 3.05) is 7.11 Å². The summed E-state index contributed by atoms with van der Waals surface area (Å²) in [5.41, 5.74) is 1.87. The Hall–Kier alpha value is -2.49. The molecule has 0 aliphatic heterocycles. The lowest BCUT2D eigenvalue weighted by Gasteiger charge is -2.04. The molecule has 0 aliphatic rings. The van der Waals surface area contributed by atoms with E-state index in [0.717, 1.165) is 29.0 Å². The van der Waals surface area contributed by atoms with Crippen molar-refractivity contribution in [2.45, 2.75) is 6.92 Å². The minimum Gasteiger partial charge on any atom is -0.496 e. The zero-order chi connectivity index (χ0) is 15.4. The Morgan fingerprint density at radius 1 is 1.10 bits per heavy atom. The summed E-state index contributed by atoms with van der Waals surface area (Å²) >= 11 is 0. The maximum atomic E-state index is 13.1. The van der Waals surface area contributed by atoms with Crippen LogP contribution >= 0.6 is 0 Å². The van der Waals surface area contributed by atoms with Gasteiger partial charge in [0, 0.05) is 5.56 Å².